The van der Waals surface area contributed by atoms with Gasteiger partial charge in [-0.2, -0.15) is 0 Å². The first-order valence-corrected chi connectivity index (χ1v) is 8.15. The summed E-state index contributed by atoms with van der Waals surface area (Å²) < 4.78 is 6.39. The van der Waals surface area contributed by atoms with Crippen LogP contribution in [0.4, 0.5) is 6.01 Å². The van der Waals surface area contributed by atoms with E-state index in [-0.39, 0.29) is 11.9 Å². The molecular formula is C16H9ClN4O2S. The molecule has 0 spiro atoms. The molecule has 0 aliphatic carbocycles. The number of nitrogens with one attached hydrogen (secondary N) is 1. The number of amides is 1. The molecule has 2 aromatic heterocycles. The number of fused-ring (bicyclic) bond motifs is 1. The van der Waals surface area contributed by atoms with Crippen LogP contribution in [0.25, 0.3) is 21.7 Å². The number of carbonyl (C=O) groups excluding carboxylic acids is 1. The van der Waals surface area contributed by atoms with E-state index in [1.54, 1.807) is 24.3 Å². The van der Waals surface area contributed by atoms with E-state index in [2.05, 4.69) is 20.5 Å². The first-order valence-electron chi connectivity index (χ1n) is 6.95. The van der Waals surface area contributed by atoms with Gasteiger partial charge in [-0.15, -0.1) is 16.4 Å². The minimum atomic E-state index is -0.391. The van der Waals surface area contributed by atoms with E-state index in [9.17, 15) is 4.79 Å². The normalized spacial score (nSPS) is 10.9. The lowest BCUT2D eigenvalue weighted by Crippen LogP contribution is -2.11. The maximum atomic E-state index is 12.3. The fourth-order valence-electron chi connectivity index (χ4n) is 2.13. The zero-order chi connectivity index (χ0) is 16.5. The van der Waals surface area contributed by atoms with Crippen LogP contribution < -0.4 is 5.32 Å². The number of halogens is 1. The van der Waals surface area contributed by atoms with Crippen LogP contribution in [0.5, 0.6) is 0 Å². The maximum Gasteiger partial charge on any atom is 0.322 e. The van der Waals surface area contributed by atoms with Crippen molar-refractivity contribution in [3.05, 3.63) is 58.6 Å². The molecule has 24 heavy (non-hydrogen) atoms. The largest absolute Gasteiger partial charge is 0.403 e. The number of benzene rings is 2. The Morgan fingerprint density at radius 2 is 2.00 bits per heavy atom. The van der Waals surface area contributed by atoms with Crippen LogP contribution in [0.2, 0.25) is 5.02 Å². The minimum absolute atomic E-state index is 0.00855. The fraction of sp³-hybridized carbons (Fsp3) is 0. The monoisotopic (exact) mass is 356 g/mol. The Balaban J connectivity index is 1.56. The van der Waals surface area contributed by atoms with Crippen molar-refractivity contribution in [2.45, 2.75) is 0 Å². The Morgan fingerprint density at radius 3 is 2.83 bits per heavy atom. The molecule has 0 saturated heterocycles. The van der Waals surface area contributed by atoms with Crippen molar-refractivity contribution in [2.24, 2.45) is 0 Å². The van der Waals surface area contributed by atoms with E-state index in [1.165, 1.54) is 11.3 Å². The minimum Gasteiger partial charge on any atom is -0.403 e. The molecule has 2 heterocycles. The van der Waals surface area contributed by atoms with E-state index < -0.39 is 5.91 Å². The summed E-state index contributed by atoms with van der Waals surface area (Å²) in [6.45, 7) is 0. The van der Waals surface area contributed by atoms with Gasteiger partial charge in [0.1, 0.15) is 0 Å². The quantitative estimate of drug-likeness (QED) is 0.593. The lowest BCUT2D eigenvalue weighted by atomic mass is 10.2. The number of hydrogen-bond acceptors (Lipinski definition) is 6. The molecule has 0 bridgehead atoms. The van der Waals surface area contributed by atoms with Crippen LogP contribution in [0.3, 0.4) is 0 Å². The van der Waals surface area contributed by atoms with Gasteiger partial charge in [0.25, 0.3) is 5.91 Å². The van der Waals surface area contributed by atoms with Crippen LogP contribution in [-0.4, -0.2) is 21.1 Å². The number of anilines is 1. The Labute approximate surface area is 145 Å². The number of thiazole rings is 1. The molecule has 1 N–H and O–H groups in total. The lowest BCUT2D eigenvalue weighted by Gasteiger charge is -1.96. The molecule has 0 radical (unpaired) electrons. The van der Waals surface area contributed by atoms with Crippen LogP contribution in [0.15, 0.2) is 52.9 Å². The third kappa shape index (κ3) is 2.86. The summed E-state index contributed by atoms with van der Waals surface area (Å²) in [7, 11) is 0. The molecule has 4 rings (SSSR count). The summed E-state index contributed by atoms with van der Waals surface area (Å²) in [6.07, 6.45) is 0. The van der Waals surface area contributed by atoms with Crippen LogP contribution in [0.1, 0.15) is 9.80 Å². The van der Waals surface area contributed by atoms with Crippen LogP contribution >= 0.6 is 22.9 Å². The second-order valence-electron chi connectivity index (χ2n) is 4.86. The first-order chi connectivity index (χ1) is 11.7. The predicted octanol–water partition coefficient (Wildman–Crippen LogP) is 4.25. The van der Waals surface area contributed by atoms with Crippen molar-refractivity contribution < 1.29 is 9.21 Å². The van der Waals surface area contributed by atoms with E-state index in [1.807, 2.05) is 24.3 Å². The number of aromatic nitrogens is 3. The fourth-order valence-corrected chi connectivity index (χ4v) is 3.18. The first kappa shape index (κ1) is 14.8. The smallest absolute Gasteiger partial charge is 0.322 e. The molecule has 8 heteroatoms. The third-order valence-corrected chi connectivity index (χ3v) is 4.48. The molecule has 0 aliphatic rings. The van der Waals surface area contributed by atoms with Gasteiger partial charge in [-0.25, -0.2) is 4.98 Å². The third-order valence-electron chi connectivity index (χ3n) is 3.21. The molecule has 6 nitrogen and oxygen atoms in total. The summed E-state index contributed by atoms with van der Waals surface area (Å²) in [5.41, 5.74) is 1.45. The molecule has 0 atom stereocenters. The summed E-state index contributed by atoms with van der Waals surface area (Å²) in [5, 5.41) is 11.2. The highest BCUT2D eigenvalue weighted by molar-refractivity contribution is 7.20. The highest BCUT2D eigenvalue weighted by Gasteiger charge is 2.16. The molecule has 0 fully saturated rings. The second-order valence-corrected chi connectivity index (χ2v) is 6.33. The maximum absolute atomic E-state index is 12.3. The topological polar surface area (TPSA) is 80.9 Å². The van der Waals surface area contributed by atoms with Crippen molar-refractivity contribution in [2.75, 3.05) is 5.32 Å². The Morgan fingerprint density at radius 1 is 1.12 bits per heavy atom. The van der Waals surface area contributed by atoms with Gasteiger partial charge in [0.15, 0.2) is 5.01 Å². The molecule has 0 aliphatic heterocycles. The summed E-state index contributed by atoms with van der Waals surface area (Å²) in [6, 6.07) is 14.6. The van der Waals surface area contributed by atoms with Gasteiger partial charge in [-0.05, 0) is 30.3 Å². The lowest BCUT2D eigenvalue weighted by molar-refractivity contribution is 0.102. The average molecular weight is 357 g/mol. The highest BCUT2D eigenvalue weighted by atomic mass is 35.5. The number of rotatable bonds is 3. The van der Waals surface area contributed by atoms with Crippen LogP contribution in [-0.2, 0) is 0 Å². The number of hydrogen-bond donors (Lipinski definition) is 1. The van der Waals surface area contributed by atoms with Crippen molar-refractivity contribution >= 4 is 45.1 Å². The number of nitrogens with zero attached hydrogens (tertiary/aromatic N) is 3. The van der Waals surface area contributed by atoms with Crippen LogP contribution in [0, 0.1) is 0 Å². The van der Waals surface area contributed by atoms with Crippen molar-refractivity contribution in [3.63, 3.8) is 0 Å². The van der Waals surface area contributed by atoms with E-state index in [4.69, 9.17) is 16.0 Å². The Hall–Kier alpha value is -2.77. The van der Waals surface area contributed by atoms with E-state index in [0.717, 1.165) is 10.2 Å². The zero-order valence-electron chi connectivity index (χ0n) is 12.1. The molecule has 4 aromatic rings. The summed E-state index contributed by atoms with van der Waals surface area (Å²) in [4.78, 5) is 16.6. The highest BCUT2D eigenvalue weighted by Crippen LogP contribution is 2.24. The SMILES string of the molecule is O=C(Nc1nnc(-c2cccc(Cl)c2)o1)c1nc2ccccc2s1. The van der Waals surface area contributed by atoms with E-state index in [0.29, 0.717) is 15.6 Å². The van der Waals surface area contributed by atoms with Gasteiger partial charge in [0.05, 0.1) is 10.2 Å². The average Bonchev–Trinajstić information content (AvgIpc) is 3.21. The van der Waals surface area contributed by atoms with E-state index >= 15 is 0 Å². The van der Waals surface area contributed by atoms with Gasteiger partial charge in [0, 0.05) is 10.6 Å². The standard InChI is InChI=1S/C16H9ClN4O2S/c17-10-5-3-4-9(8-10)14-20-21-16(23-14)19-13(22)15-18-11-6-1-2-7-12(11)24-15/h1-8H,(H,19,21,22). The Bertz CT molecular complexity index is 1010. The Kier molecular flexibility index (Phi) is 3.72. The van der Waals surface area contributed by atoms with Crippen molar-refractivity contribution in [1.82, 2.24) is 15.2 Å². The van der Waals surface area contributed by atoms with Gasteiger partial charge in [0.2, 0.25) is 5.89 Å². The van der Waals surface area contributed by atoms with Crippen molar-refractivity contribution in [1.29, 1.82) is 0 Å². The molecule has 1 amide bonds. The summed E-state index contributed by atoms with van der Waals surface area (Å²) in [5.74, 6) is -0.116. The molecule has 118 valence electrons. The van der Waals surface area contributed by atoms with Gasteiger partial charge < -0.3 is 4.42 Å². The number of carbonyl (C=O) groups is 1. The van der Waals surface area contributed by atoms with Crippen molar-refractivity contribution in [3.8, 4) is 11.5 Å². The summed E-state index contributed by atoms with van der Waals surface area (Å²) >= 11 is 7.24. The predicted molar refractivity (Wildman–Crippen MR) is 92.3 cm³/mol. The van der Waals surface area contributed by atoms with Gasteiger partial charge >= 0.3 is 6.01 Å². The molecule has 2 aromatic carbocycles. The molecular weight excluding hydrogens is 348 g/mol. The number of para-hydroxylation sites is 1. The van der Waals surface area contributed by atoms with Gasteiger partial charge in [-0.3, -0.25) is 10.1 Å². The molecule has 0 unspecified atom stereocenters. The zero-order valence-corrected chi connectivity index (χ0v) is 13.6. The second kappa shape index (κ2) is 6.03. The van der Waals surface area contributed by atoms with Gasteiger partial charge in [-0.1, -0.05) is 34.9 Å². The molecule has 0 saturated carbocycles.